The number of carbonyl (C=O) groups excluding carboxylic acids is 1. The van der Waals surface area contributed by atoms with Gasteiger partial charge in [-0.25, -0.2) is 4.79 Å². The number of nitrogens with zero attached hydrogens (tertiary/aromatic N) is 1. The number of thiophene rings is 1. The zero-order valence-electron chi connectivity index (χ0n) is 13.4. The van der Waals surface area contributed by atoms with Crippen molar-refractivity contribution in [3.8, 4) is 5.75 Å². The van der Waals surface area contributed by atoms with Crippen LogP contribution in [0.15, 0.2) is 41.8 Å². The number of amides is 1. The number of carboxylic acids is 1. The number of benzene rings is 1. The Morgan fingerprint density at radius 1 is 1.21 bits per heavy atom. The maximum atomic E-state index is 12.4. The SMILES string of the molecule is Cc1cccc(OC2(C(=O)O)CCN(C(=O)c3cccs3)CC2)c1. The molecule has 0 radical (unpaired) electrons. The van der Waals surface area contributed by atoms with Crippen molar-refractivity contribution in [1.29, 1.82) is 0 Å². The van der Waals surface area contributed by atoms with Crippen molar-refractivity contribution in [1.82, 2.24) is 4.90 Å². The summed E-state index contributed by atoms with van der Waals surface area (Å²) in [7, 11) is 0. The fourth-order valence-corrected chi connectivity index (χ4v) is 3.58. The van der Waals surface area contributed by atoms with Crippen LogP contribution >= 0.6 is 11.3 Å². The number of piperidine rings is 1. The van der Waals surface area contributed by atoms with Crippen LogP contribution in [0.25, 0.3) is 0 Å². The smallest absolute Gasteiger partial charge is 0.348 e. The highest BCUT2D eigenvalue weighted by Crippen LogP contribution is 2.30. The van der Waals surface area contributed by atoms with E-state index >= 15 is 0 Å². The molecule has 1 aliphatic heterocycles. The Hall–Kier alpha value is -2.34. The summed E-state index contributed by atoms with van der Waals surface area (Å²) in [4.78, 5) is 26.6. The predicted molar refractivity (Wildman–Crippen MR) is 91.6 cm³/mol. The average Bonchev–Trinajstić information content (AvgIpc) is 3.09. The Bertz CT molecular complexity index is 733. The molecule has 0 bridgehead atoms. The van der Waals surface area contributed by atoms with E-state index in [0.29, 0.717) is 23.7 Å². The van der Waals surface area contributed by atoms with Crippen LogP contribution < -0.4 is 4.74 Å². The van der Waals surface area contributed by atoms with Crippen LogP contribution in [-0.2, 0) is 4.79 Å². The monoisotopic (exact) mass is 345 g/mol. The summed E-state index contributed by atoms with van der Waals surface area (Å²) in [5.41, 5.74) is -0.265. The van der Waals surface area contributed by atoms with Crippen LogP contribution in [0.5, 0.6) is 5.75 Å². The van der Waals surface area contributed by atoms with Crippen LogP contribution in [0.4, 0.5) is 0 Å². The first-order chi connectivity index (χ1) is 11.5. The van der Waals surface area contributed by atoms with Gasteiger partial charge in [0, 0.05) is 25.9 Å². The van der Waals surface area contributed by atoms with Crippen molar-refractivity contribution >= 4 is 23.2 Å². The fourth-order valence-electron chi connectivity index (χ4n) is 2.89. The van der Waals surface area contributed by atoms with Gasteiger partial charge in [0.05, 0.1) is 4.88 Å². The van der Waals surface area contributed by atoms with Crippen molar-refractivity contribution in [3.05, 3.63) is 52.2 Å². The summed E-state index contributed by atoms with van der Waals surface area (Å²) >= 11 is 1.40. The van der Waals surface area contributed by atoms with Crippen molar-refractivity contribution in [2.75, 3.05) is 13.1 Å². The lowest BCUT2D eigenvalue weighted by Crippen LogP contribution is -2.54. The molecule has 0 atom stereocenters. The van der Waals surface area contributed by atoms with Crippen molar-refractivity contribution in [2.45, 2.75) is 25.4 Å². The van der Waals surface area contributed by atoms with Gasteiger partial charge in [0.2, 0.25) is 5.60 Å². The van der Waals surface area contributed by atoms with Gasteiger partial charge in [-0.2, -0.15) is 0 Å². The van der Waals surface area contributed by atoms with E-state index in [-0.39, 0.29) is 18.7 Å². The Kier molecular flexibility index (Phi) is 4.57. The Labute approximate surface area is 144 Å². The molecule has 0 unspecified atom stereocenters. The summed E-state index contributed by atoms with van der Waals surface area (Å²) in [6.45, 7) is 2.67. The molecular weight excluding hydrogens is 326 g/mol. The molecule has 1 aliphatic rings. The summed E-state index contributed by atoms with van der Waals surface area (Å²) in [5, 5.41) is 11.6. The summed E-state index contributed by atoms with van der Waals surface area (Å²) < 4.78 is 5.87. The van der Waals surface area contributed by atoms with Gasteiger partial charge in [-0.3, -0.25) is 4.79 Å². The van der Waals surface area contributed by atoms with Crippen LogP contribution in [0.2, 0.25) is 0 Å². The molecular formula is C18H19NO4S. The minimum absolute atomic E-state index is 0.0421. The first-order valence-corrected chi connectivity index (χ1v) is 8.70. The van der Waals surface area contributed by atoms with E-state index in [4.69, 9.17) is 4.74 Å². The molecule has 6 heteroatoms. The second-order valence-corrected chi connectivity index (χ2v) is 6.94. The third-order valence-electron chi connectivity index (χ3n) is 4.28. The molecule has 1 aromatic carbocycles. The van der Waals surface area contributed by atoms with Gasteiger partial charge in [-0.15, -0.1) is 11.3 Å². The van der Waals surface area contributed by atoms with Crippen molar-refractivity contribution < 1.29 is 19.4 Å². The molecule has 2 aromatic rings. The first kappa shape index (κ1) is 16.5. The number of aliphatic carboxylic acids is 1. The fraction of sp³-hybridized carbons (Fsp3) is 0.333. The van der Waals surface area contributed by atoms with E-state index in [1.807, 2.05) is 36.6 Å². The molecule has 0 spiro atoms. The lowest BCUT2D eigenvalue weighted by molar-refractivity contribution is -0.159. The minimum atomic E-state index is -1.28. The molecule has 1 aromatic heterocycles. The maximum Gasteiger partial charge on any atom is 0.348 e. The molecule has 3 rings (SSSR count). The van der Waals surface area contributed by atoms with E-state index in [0.717, 1.165) is 5.56 Å². The second-order valence-electron chi connectivity index (χ2n) is 5.99. The molecule has 1 amide bonds. The summed E-state index contributed by atoms with van der Waals surface area (Å²) in [6.07, 6.45) is 0.542. The number of rotatable bonds is 4. The van der Waals surface area contributed by atoms with Crippen LogP contribution in [0, 0.1) is 6.92 Å². The van der Waals surface area contributed by atoms with E-state index in [1.54, 1.807) is 17.0 Å². The molecule has 2 heterocycles. The molecule has 1 saturated heterocycles. The zero-order chi connectivity index (χ0) is 17.2. The Morgan fingerprint density at radius 2 is 1.96 bits per heavy atom. The van der Waals surface area contributed by atoms with Crippen LogP contribution in [-0.4, -0.2) is 40.6 Å². The first-order valence-electron chi connectivity index (χ1n) is 7.82. The van der Waals surface area contributed by atoms with Gasteiger partial charge in [0.1, 0.15) is 5.75 Å². The second kappa shape index (κ2) is 6.65. The Balaban J connectivity index is 1.72. The number of carbonyl (C=O) groups is 2. The van der Waals surface area contributed by atoms with Gasteiger partial charge < -0.3 is 14.7 Å². The predicted octanol–water partition coefficient (Wildman–Crippen LogP) is 3.19. The third-order valence-corrected chi connectivity index (χ3v) is 5.14. The number of hydrogen-bond donors (Lipinski definition) is 1. The van der Waals surface area contributed by atoms with Gasteiger partial charge in [-0.1, -0.05) is 18.2 Å². The molecule has 5 nitrogen and oxygen atoms in total. The van der Waals surface area contributed by atoms with Gasteiger partial charge in [0.25, 0.3) is 5.91 Å². The van der Waals surface area contributed by atoms with Gasteiger partial charge >= 0.3 is 5.97 Å². The number of ether oxygens (including phenoxy) is 1. The molecule has 0 aliphatic carbocycles. The lowest BCUT2D eigenvalue weighted by atomic mass is 9.91. The quantitative estimate of drug-likeness (QED) is 0.924. The Morgan fingerprint density at radius 3 is 2.54 bits per heavy atom. The van der Waals surface area contributed by atoms with E-state index in [2.05, 4.69) is 0 Å². The molecule has 1 fully saturated rings. The normalized spacial score (nSPS) is 16.6. The number of hydrogen-bond acceptors (Lipinski definition) is 4. The topological polar surface area (TPSA) is 66.8 Å². The highest BCUT2D eigenvalue weighted by molar-refractivity contribution is 7.12. The van der Waals surface area contributed by atoms with Crippen molar-refractivity contribution in [3.63, 3.8) is 0 Å². The van der Waals surface area contributed by atoms with E-state index in [1.165, 1.54) is 11.3 Å². The number of aryl methyl sites for hydroxylation is 1. The highest BCUT2D eigenvalue weighted by Gasteiger charge is 2.45. The number of carboxylic acid groups (broad SMARTS) is 1. The standard InChI is InChI=1S/C18H19NO4S/c1-13-4-2-5-14(12-13)23-18(17(21)22)7-9-19(10-8-18)16(20)15-6-3-11-24-15/h2-6,11-12H,7-10H2,1H3,(H,21,22). The summed E-state index contributed by atoms with van der Waals surface area (Å²) in [5.74, 6) is -0.470. The maximum absolute atomic E-state index is 12.4. The average molecular weight is 345 g/mol. The number of likely N-dealkylation sites (tertiary alicyclic amines) is 1. The van der Waals surface area contributed by atoms with Gasteiger partial charge in [0.15, 0.2) is 0 Å². The highest BCUT2D eigenvalue weighted by atomic mass is 32.1. The van der Waals surface area contributed by atoms with Gasteiger partial charge in [-0.05, 0) is 36.1 Å². The zero-order valence-corrected chi connectivity index (χ0v) is 14.2. The summed E-state index contributed by atoms with van der Waals surface area (Å²) in [6, 6.07) is 11.0. The molecule has 24 heavy (non-hydrogen) atoms. The molecule has 0 saturated carbocycles. The lowest BCUT2D eigenvalue weighted by Gasteiger charge is -2.38. The largest absolute Gasteiger partial charge is 0.478 e. The van der Waals surface area contributed by atoms with Crippen molar-refractivity contribution in [2.24, 2.45) is 0 Å². The van der Waals surface area contributed by atoms with E-state index < -0.39 is 11.6 Å². The molecule has 126 valence electrons. The third kappa shape index (κ3) is 3.28. The minimum Gasteiger partial charge on any atom is -0.478 e. The van der Waals surface area contributed by atoms with Crippen LogP contribution in [0.1, 0.15) is 28.1 Å². The van der Waals surface area contributed by atoms with Crippen LogP contribution in [0.3, 0.4) is 0 Å². The van der Waals surface area contributed by atoms with E-state index in [9.17, 15) is 14.7 Å². The molecule has 1 N–H and O–H groups in total.